The van der Waals surface area contributed by atoms with Crippen LogP contribution in [0, 0.1) is 0 Å². The summed E-state index contributed by atoms with van der Waals surface area (Å²) in [6.45, 7) is 0. The van der Waals surface area contributed by atoms with Crippen LogP contribution in [0.5, 0.6) is 0 Å². The maximum absolute atomic E-state index is 10.9. The summed E-state index contributed by atoms with van der Waals surface area (Å²) in [4.78, 5) is -0.320. The summed E-state index contributed by atoms with van der Waals surface area (Å²) in [7, 11) is -4.30. The van der Waals surface area contributed by atoms with Crippen molar-refractivity contribution in [3.8, 4) is 0 Å². The van der Waals surface area contributed by atoms with E-state index in [1.165, 1.54) is 18.2 Å². The molecule has 0 radical (unpaired) electrons. The van der Waals surface area contributed by atoms with Gasteiger partial charge in [0.05, 0.1) is 0 Å². The third-order valence-corrected chi connectivity index (χ3v) is 2.33. The summed E-state index contributed by atoms with van der Waals surface area (Å²) >= 11 is 0. The summed E-state index contributed by atoms with van der Waals surface area (Å²) in [5.41, 5.74) is 0.0138. The molecule has 15 heavy (non-hydrogen) atoms. The molecule has 3 N–H and O–H groups in total. The molecular formula is C7H8N4O3S. The van der Waals surface area contributed by atoms with Gasteiger partial charge < -0.3 is 5.84 Å². The number of nitrogens with zero attached hydrogens (tertiary/aromatic N) is 3. The van der Waals surface area contributed by atoms with Gasteiger partial charge in [0, 0.05) is 0 Å². The second-order valence-corrected chi connectivity index (χ2v) is 3.81. The predicted octanol–water partition coefficient (Wildman–Crippen LogP) is 0.919. The highest BCUT2D eigenvalue weighted by molar-refractivity contribution is 7.86. The molecule has 1 aromatic rings. The van der Waals surface area contributed by atoms with Crippen LogP contribution in [-0.4, -0.2) is 19.3 Å². The third-order valence-electron chi connectivity index (χ3n) is 1.43. The van der Waals surface area contributed by atoms with E-state index in [4.69, 9.17) is 10.4 Å². The Morgan fingerprint density at radius 2 is 2.00 bits per heavy atom. The first-order chi connectivity index (χ1) is 7.05. The number of benzene rings is 1. The van der Waals surface area contributed by atoms with E-state index < -0.39 is 10.1 Å². The highest BCUT2D eigenvalue weighted by atomic mass is 32.2. The molecule has 0 bridgehead atoms. The molecule has 0 aliphatic rings. The van der Waals surface area contributed by atoms with Crippen LogP contribution in [0.3, 0.4) is 0 Å². The van der Waals surface area contributed by atoms with Crippen LogP contribution >= 0.6 is 0 Å². The molecule has 0 fully saturated rings. The van der Waals surface area contributed by atoms with E-state index in [2.05, 4.69) is 15.3 Å². The van der Waals surface area contributed by atoms with Crippen molar-refractivity contribution >= 4 is 22.1 Å². The quantitative estimate of drug-likeness (QED) is 0.200. The number of hydrazone groups is 1. The van der Waals surface area contributed by atoms with Crippen molar-refractivity contribution in [2.24, 2.45) is 21.2 Å². The normalized spacial score (nSPS) is 12.6. The van der Waals surface area contributed by atoms with Gasteiger partial charge in [0.2, 0.25) is 0 Å². The predicted molar refractivity (Wildman–Crippen MR) is 53.5 cm³/mol. The average molecular weight is 228 g/mol. The Morgan fingerprint density at radius 1 is 1.33 bits per heavy atom. The summed E-state index contributed by atoms with van der Waals surface area (Å²) in [5, 5.41) is 9.93. The maximum Gasteiger partial charge on any atom is 0.296 e. The van der Waals surface area contributed by atoms with E-state index in [9.17, 15) is 8.42 Å². The minimum Gasteiger partial charge on any atom is -0.322 e. The molecule has 0 spiro atoms. The van der Waals surface area contributed by atoms with Crippen LogP contribution in [0.15, 0.2) is 44.5 Å². The number of hydrogen-bond donors (Lipinski definition) is 2. The highest BCUT2D eigenvalue weighted by Crippen LogP contribution is 2.23. The molecule has 0 atom stereocenters. The zero-order valence-electron chi connectivity index (χ0n) is 7.48. The monoisotopic (exact) mass is 228 g/mol. The Balaban J connectivity index is 3.19. The Hall–Kier alpha value is -1.80. The second-order valence-electron chi connectivity index (χ2n) is 2.42. The fourth-order valence-corrected chi connectivity index (χ4v) is 1.50. The summed E-state index contributed by atoms with van der Waals surface area (Å²) in [6, 6.07) is 5.61. The summed E-state index contributed by atoms with van der Waals surface area (Å²) in [5.74, 6) is 4.76. The fourth-order valence-electron chi connectivity index (χ4n) is 0.876. The third kappa shape index (κ3) is 3.11. The van der Waals surface area contributed by atoms with Gasteiger partial charge in [-0.15, -0.1) is 10.2 Å². The van der Waals surface area contributed by atoms with E-state index in [0.717, 1.165) is 6.34 Å². The molecule has 0 aromatic heterocycles. The number of rotatable bonds is 3. The molecule has 0 saturated heterocycles. The van der Waals surface area contributed by atoms with Crippen LogP contribution in [0.1, 0.15) is 0 Å². The molecule has 0 unspecified atom stereocenters. The van der Waals surface area contributed by atoms with Crippen LogP contribution < -0.4 is 5.84 Å². The first-order valence-corrected chi connectivity index (χ1v) is 5.19. The lowest BCUT2D eigenvalue weighted by molar-refractivity contribution is 0.483. The molecule has 0 amide bonds. The Kier molecular flexibility index (Phi) is 3.47. The number of azo groups is 1. The molecule has 0 saturated carbocycles. The van der Waals surface area contributed by atoms with Gasteiger partial charge >= 0.3 is 0 Å². The lowest BCUT2D eigenvalue weighted by Crippen LogP contribution is -1.97. The molecule has 8 heteroatoms. The lowest BCUT2D eigenvalue weighted by Gasteiger charge is -1.98. The van der Waals surface area contributed by atoms with Crippen LogP contribution in [-0.2, 0) is 10.1 Å². The van der Waals surface area contributed by atoms with Crippen molar-refractivity contribution < 1.29 is 13.0 Å². The SMILES string of the molecule is NN=CN=Nc1ccccc1S(=O)(=O)O. The van der Waals surface area contributed by atoms with Gasteiger partial charge in [-0.1, -0.05) is 12.1 Å². The fraction of sp³-hybridized carbons (Fsp3) is 0. The van der Waals surface area contributed by atoms with Crippen molar-refractivity contribution in [3.63, 3.8) is 0 Å². The largest absolute Gasteiger partial charge is 0.322 e. The van der Waals surface area contributed by atoms with Crippen LogP contribution in [0.25, 0.3) is 0 Å². The molecule has 0 aliphatic carbocycles. The van der Waals surface area contributed by atoms with Crippen molar-refractivity contribution in [1.29, 1.82) is 0 Å². The first kappa shape index (κ1) is 11.3. The van der Waals surface area contributed by atoms with E-state index in [-0.39, 0.29) is 10.6 Å². The molecule has 1 rings (SSSR count). The smallest absolute Gasteiger partial charge is 0.296 e. The molecule has 0 heterocycles. The Labute approximate surface area is 86.1 Å². The van der Waals surface area contributed by atoms with E-state index in [1.807, 2.05) is 0 Å². The highest BCUT2D eigenvalue weighted by Gasteiger charge is 2.13. The standard InChI is InChI=1S/C7H8N4O3S/c8-9-5-10-11-6-3-1-2-4-7(6)15(12,13)14/h1-5H,8H2,(H,12,13,14). The lowest BCUT2D eigenvalue weighted by atomic mass is 10.3. The van der Waals surface area contributed by atoms with Gasteiger partial charge in [-0.05, 0) is 12.1 Å². The minimum absolute atomic E-state index is 0.0138. The Morgan fingerprint density at radius 3 is 2.60 bits per heavy atom. The van der Waals surface area contributed by atoms with Gasteiger partial charge in [-0.25, -0.2) is 0 Å². The first-order valence-electron chi connectivity index (χ1n) is 3.75. The van der Waals surface area contributed by atoms with Crippen molar-refractivity contribution in [2.45, 2.75) is 4.90 Å². The van der Waals surface area contributed by atoms with Gasteiger partial charge in [0.15, 0.2) is 6.34 Å². The van der Waals surface area contributed by atoms with Crippen molar-refractivity contribution in [2.75, 3.05) is 0 Å². The van der Waals surface area contributed by atoms with Crippen molar-refractivity contribution in [1.82, 2.24) is 0 Å². The van der Waals surface area contributed by atoms with E-state index >= 15 is 0 Å². The van der Waals surface area contributed by atoms with Crippen LogP contribution in [0.2, 0.25) is 0 Å². The number of hydrogen-bond acceptors (Lipinski definition) is 5. The van der Waals surface area contributed by atoms with Crippen molar-refractivity contribution in [3.05, 3.63) is 24.3 Å². The minimum atomic E-state index is -4.30. The molecule has 7 nitrogen and oxygen atoms in total. The Bertz CT molecular complexity index is 495. The second kappa shape index (κ2) is 4.62. The molecule has 1 aromatic carbocycles. The maximum atomic E-state index is 10.9. The van der Waals surface area contributed by atoms with Crippen LogP contribution in [0.4, 0.5) is 5.69 Å². The van der Waals surface area contributed by atoms with Gasteiger partial charge in [0.25, 0.3) is 10.1 Å². The summed E-state index contributed by atoms with van der Waals surface area (Å²) < 4.78 is 30.6. The average Bonchev–Trinajstić information content (AvgIpc) is 2.17. The van der Waals surface area contributed by atoms with E-state index in [0.29, 0.717) is 0 Å². The molecule has 0 aliphatic heterocycles. The van der Waals surface area contributed by atoms with Gasteiger partial charge in [-0.2, -0.15) is 13.5 Å². The molecular weight excluding hydrogens is 220 g/mol. The zero-order chi connectivity index (χ0) is 11.3. The number of nitrogens with two attached hydrogens (primary N) is 1. The van der Waals surface area contributed by atoms with E-state index in [1.54, 1.807) is 6.07 Å². The topological polar surface area (TPSA) is 117 Å². The van der Waals surface area contributed by atoms with Gasteiger partial charge in [-0.3, -0.25) is 4.55 Å². The zero-order valence-corrected chi connectivity index (χ0v) is 8.29. The van der Waals surface area contributed by atoms with Gasteiger partial charge in [0.1, 0.15) is 10.6 Å². The summed E-state index contributed by atoms with van der Waals surface area (Å²) in [6.07, 6.45) is 0.945. The molecule has 80 valence electrons.